The number of carbonyl (C=O) groups excluding carboxylic acids is 2. The Kier molecular flexibility index (Phi) is 7.37. The van der Waals surface area contributed by atoms with E-state index in [1.165, 1.54) is 10.4 Å². The maximum absolute atomic E-state index is 13.6. The fourth-order valence-electron chi connectivity index (χ4n) is 4.79. The van der Waals surface area contributed by atoms with Crippen LogP contribution in [-0.2, 0) is 11.2 Å². The van der Waals surface area contributed by atoms with E-state index in [1.54, 1.807) is 34.4 Å². The molecule has 0 unspecified atom stereocenters. The number of carbonyl (C=O) groups is 2. The fraction of sp³-hybridized carbons (Fsp3) is 0.379. The molecule has 0 aliphatic carbocycles. The van der Waals surface area contributed by atoms with E-state index in [2.05, 4.69) is 37.4 Å². The summed E-state index contributed by atoms with van der Waals surface area (Å²) in [4.78, 5) is 31.6. The Balaban J connectivity index is 1.30. The van der Waals surface area contributed by atoms with Gasteiger partial charge in [0.15, 0.2) is 11.5 Å². The maximum Gasteiger partial charge on any atom is 0.254 e. The Morgan fingerprint density at radius 2 is 1.89 bits per heavy atom. The van der Waals surface area contributed by atoms with Gasteiger partial charge in [-0.05, 0) is 72.2 Å². The van der Waals surface area contributed by atoms with Crippen LogP contribution in [0, 0.1) is 0 Å². The van der Waals surface area contributed by atoms with Gasteiger partial charge >= 0.3 is 0 Å². The first-order valence-electron chi connectivity index (χ1n) is 12.7. The highest BCUT2D eigenvalue weighted by Gasteiger charge is 2.33. The van der Waals surface area contributed by atoms with E-state index in [-0.39, 0.29) is 31.2 Å². The molecule has 0 N–H and O–H groups in total. The summed E-state index contributed by atoms with van der Waals surface area (Å²) in [5.74, 6) is 2.12. The number of nitrogens with zero attached hydrogens (tertiary/aromatic N) is 2. The van der Waals surface area contributed by atoms with Crippen molar-refractivity contribution in [1.29, 1.82) is 0 Å². The van der Waals surface area contributed by atoms with Crippen molar-refractivity contribution in [3.63, 3.8) is 0 Å². The van der Waals surface area contributed by atoms with Crippen LogP contribution in [0.1, 0.15) is 59.1 Å². The van der Waals surface area contributed by atoms with Crippen molar-refractivity contribution in [2.24, 2.45) is 0 Å². The van der Waals surface area contributed by atoms with Gasteiger partial charge in [-0.3, -0.25) is 9.59 Å². The topological polar surface area (TPSA) is 68.3 Å². The molecule has 0 saturated carbocycles. The molecule has 8 heteroatoms. The number of hydrogen-bond donors (Lipinski definition) is 0. The summed E-state index contributed by atoms with van der Waals surface area (Å²) in [7, 11) is 0. The van der Waals surface area contributed by atoms with E-state index in [1.807, 2.05) is 24.0 Å². The van der Waals surface area contributed by atoms with Crippen molar-refractivity contribution in [2.45, 2.75) is 39.2 Å². The molecule has 7 nitrogen and oxygen atoms in total. The van der Waals surface area contributed by atoms with Crippen LogP contribution in [0.2, 0.25) is 0 Å². The zero-order chi connectivity index (χ0) is 25.9. The van der Waals surface area contributed by atoms with Crippen LogP contribution < -0.4 is 14.2 Å². The Bertz CT molecular complexity index is 1270. The van der Waals surface area contributed by atoms with Gasteiger partial charge in [0.05, 0.1) is 6.04 Å². The number of amides is 2. The average molecular weight is 521 g/mol. The molecule has 1 aromatic heterocycles. The lowest BCUT2D eigenvalue weighted by Crippen LogP contribution is -2.47. The van der Waals surface area contributed by atoms with Gasteiger partial charge in [-0.2, -0.15) is 0 Å². The second kappa shape index (κ2) is 10.8. The number of likely N-dealkylation sites (N-methyl/N-ethyl adjacent to an activating group) is 1. The second-order valence-corrected chi connectivity index (χ2v) is 10.6. The molecular weight excluding hydrogens is 488 g/mol. The van der Waals surface area contributed by atoms with Gasteiger partial charge in [-0.1, -0.05) is 26.0 Å². The van der Waals surface area contributed by atoms with Gasteiger partial charge in [0.1, 0.15) is 18.9 Å². The lowest BCUT2D eigenvalue weighted by atomic mass is 10.00. The lowest BCUT2D eigenvalue weighted by molar-refractivity contribution is -0.135. The molecule has 2 aliphatic heterocycles. The number of benzene rings is 2. The van der Waals surface area contributed by atoms with Crippen LogP contribution in [0.5, 0.6) is 17.2 Å². The van der Waals surface area contributed by atoms with Crippen LogP contribution >= 0.6 is 11.3 Å². The Hall–Kier alpha value is -3.52. The molecule has 5 rings (SSSR count). The summed E-state index contributed by atoms with van der Waals surface area (Å²) >= 11 is 1.72. The molecule has 0 spiro atoms. The van der Waals surface area contributed by atoms with Crippen molar-refractivity contribution < 1.29 is 23.8 Å². The first-order valence-corrected chi connectivity index (χ1v) is 13.6. The zero-order valence-corrected chi connectivity index (χ0v) is 22.3. The molecule has 2 amide bonds. The second-order valence-electron chi connectivity index (χ2n) is 9.57. The molecular formula is C29H32N2O5S. The molecule has 0 bridgehead atoms. The monoisotopic (exact) mass is 520 g/mol. The van der Waals surface area contributed by atoms with Crippen molar-refractivity contribution in [1.82, 2.24) is 9.80 Å². The normalized spacial score (nSPS) is 16.0. The Labute approximate surface area is 221 Å². The molecule has 0 fully saturated rings. The molecule has 2 aromatic carbocycles. The molecule has 37 heavy (non-hydrogen) atoms. The minimum Gasteiger partial charge on any atom is -0.491 e. The number of hydrogen-bond acceptors (Lipinski definition) is 6. The highest BCUT2D eigenvalue weighted by Crippen LogP contribution is 2.35. The third-order valence-electron chi connectivity index (χ3n) is 6.98. The van der Waals surface area contributed by atoms with Crippen molar-refractivity contribution in [3.05, 3.63) is 75.5 Å². The van der Waals surface area contributed by atoms with Gasteiger partial charge < -0.3 is 24.0 Å². The van der Waals surface area contributed by atoms with E-state index in [0.717, 1.165) is 17.7 Å². The van der Waals surface area contributed by atoms with Gasteiger partial charge in [0.2, 0.25) is 12.7 Å². The molecule has 0 saturated heterocycles. The predicted molar refractivity (Wildman–Crippen MR) is 143 cm³/mol. The summed E-state index contributed by atoms with van der Waals surface area (Å²) < 4.78 is 17.0. The Morgan fingerprint density at radius 3 is 2.65 bits per heavy atom. The van der Waals surface area contributed by atoms with E-state index in [4.69, 9.17) is 14.2 Å². The summed E-state index contributed by atoms with van der Waals surface area (Å²) in [5, 5.41) is 2.07. The van der Waals surface area contributed by atoms with E-state index in [0.29, 0.717) is 42.7 Å². The highest BCUT2D eigenvalue weighted by atomic mass is 32.1. The predicted octanol–water partition coefficient (Wildman–Crippen LogP) is 5.27. The first kappa shape index (κ1) is 25.1. The number of fused-ring (bicyclic) bond motifs is 2. The summed E-state index contributed by atoms with van der Waals surface area (Å²) in [6.45, 7) is 7.73. The van der Waals surface area contributed by atoms with Gasteiger partial charge in [0.25, 0.3) is 5.91 Å². The minimum absolute atomic E-state index is 0.00281. The summed E-state index contributed by atoms with van der Waals surface area (Å²) in [6, 6.07) is 15.1. The van der Waals surface area contributed by atoms with Gasteiger partial charge in [-0.25, -0.2) is 0 Å². The fourth-order valence-corrected chi connectivity index (χ4v) is 5.72. The van der Waals surface area contributed by atoms with E-state index in [9.17, 15) is 9.59 Å². The SMILES string of the molecule is CCN(CC(=O)N1CCc2sccc2[C@@H]1COc1ccc(C(C)C)cc1)C(=O)c1ccc2c(c1)OCO2. The lowest BCUT2D eigenvalue weighted by Gasteiger charge is -2.37. The third-order valence-corrected chi connectivity index (χ3v) is 7.98. The van der Waals surface area contributed by atoms with Crippen molar-refractivity contribution >= 4 is 23.2 Å². The van der Waals surface area contributed by atoms with Crippen LogP contribution in [0.3, 0.4) is 0 Å². The molecule has 194 valence electrons. The average Bonchev–Trinajstić information content (AvgIpc) is 3.59. The smallest absolute Gasteiger partial charge is 0.254 e. The standard InChI is InChI=1S/C29H32N2O5S/c1-4-30(29(33)21-7-10-25-26(15-21)36-18-35-25)16-28(32)31-13-11-27-23(12-14-37-27)24(31)17-34-22-8-5-20(6-9-22)19(2)3/h5-10,12,14-15,19,24H,4,11,13,16-18H2,1-3H3/t24-/m0/s1. The molecule has 3 aromatic rings. The number of rotatable bonds is 8. The van der Waals surface area contributed by atoms with Crippen LogP contribution in [0.25, 0.3) is 0 Å². The zero-order valence-electron chi connectivity index (χ0n) is 21.4. The van der Waals surface area contributed by atoms with Crippen molar-refractivity contribution in [3.8, 4) is 17.2 Å². The van der Waals surface area contributed by atoms with E-state index >= 15 is 0 Å². The molecule has 3 heterocycles. The molecule has 1 atom stereocenters. The largest absolute Gasteiger partial charge is 0.491 e. The van der Waals surface area contributed by atoms with Crippen LogP contribution in [-0.4, -0.2) is 54.6 Å². The van der Waals surface area contributed by atoms with Crippen molar-refractivity contribution in [2.75, 3.05) is 33.0 Å². The summed E-state index contributed by atoms with van der Waals surface area (Å²) in [5.41, 5.74) is 2.87. The highest BCUT2D eigenvalue weighted by molar-refractivity contribution is 7.10. The van der Waals surface area contributed by atoms with E-state index < -0.39 is 0 Å². The quantitative estimate of drug-likeness (QED) is 0.405. The Morgan fingerprint density at radius 1 is 1.11 bits per heavy atom. The minimum atomic E-state index is -0.208. The number of thiophene rings is 1. The number of ether oxygens (including phenoxy) is 3. The first-order chi connectivity index (χ1) is 17.9. The van der Waals surface area contributed by atoms with Crippen LogP contribution in [0.15, 0.2) is 53.9 Å². The molecule has 0 radical (unpaired) electrons. The third kappa shape index (κ3) is 5.30. The molecule has 2 aliphatic rings. The van der Waals surface area contributed by atoms with Gasteiger partial charge in [0, 0.05) is 23.5 Å². The van der Waals surface area contributed by atoms with Gasteiger partial charge in [-0.15, -0.1) is 11.3 Å². The maximum atomic E-state index is 13.6. The summed E-state index contributed by atoms with van der Waals surface area (Å²) in [6.07, 6.45) is 0.806. The van der Waals surface area contributed by atoms with Crippen LogP contribution in [0.4, 0.5) is 0 Å².